The molecule has 0 unspecified atom stereocenters. The molecule has 2 N–H and O–H groups in total. The molecular weight excluding hydrogens is 380 g/mol. The second-order valence-corrected chi connectivity index (χ2v) is 6.87. The van der Waals surface area contributed by atoms with Crippen molar-refractivity contribution >= 4 is 23.0 Å². The number of rotatable bonds is 3. The summed E-state index contributed by atoms with van der Waals surface area (Å²) in [7, 11) is 1.60. The smallest absolute Gasteiger partial charge is 0.261 e. The number of aromatic nitrogens is 2. The van der Waals surface area contributed by atoms with Gasteiger partial charge in [-0.3, -0.25) is 4.79 Å². The fraction of sp³-hybridized carbons (Fsp3) is 0.0870. The molecular formula is C23H17N4O3. The monoisotopic (exact) mass is 397 g/mol. The maximum Gasteiger partial charge on any atom is 0.261 e. The number of ether oxygens (including phenoxy) is 1. The third-order valence-corrected chi connectivity index (χ3v) is 4.94. The van der Waals surface area contributed by atoms with Gasteiger partial charge in [0.25, 0.3) is 11.8 Å². The van der Waals surface area contributed by atoms with Crippen molar-refractivity contribution in [1.82, 2.24) is 10.1 Å². The van der Waals surface area contributed by atoms with Crippen LogP contribution in [0.25, 0.3) is 22.6 Å². The second kappa shape index (κ2) is 7.04. The van der Waals surface area contributed by atoms with Crippen LogP contribution in [0.3, 0.4) is 0 Å². The number of amides is 1. The summed E-state index contributed by atoms with van der Waals surface area (Å²) in [6.45, 7) is 1.77. The van der Waals surface area contributed by atoms with Crippen molar-refractivity contribution < 1.29 is 14.1 Å². The molecule has 0 saturated carbocycles. The van der Waals surface area contributed by atoms with Crippen molar-refractivity contribution in [3.8, 4) is 28.3 Å². The molecule has 30 heavy (non-hydrogen) atoms. The maximum absolute atomic E-state index is 12.6. The topological polar surface area (TPSA) is 89.3 Å². The Kier molecular flexibility index (Phi) is 4.21. The van der Waals surface area contributed by atoms with Crippen LogP contribution in [0.15, 0.2) is 59.1 Å². The first-order valence-corrected chi connectivity index (χ1v) is 9.34. The van der Waals surface area contributed by atoms with Crippen LogP contribution in [0.5, 0.6) is 5.75 Å². The van der Waals surface area contributed by atoms with Crippen LogP contribution in [0.4, 0.5) is 17.1 Å². The maximum atomic E-state index is 12.6. The highest BCUT2D eigenvalue weighted by Crippen LogP contribution is 2.37. The summed E-state index contributed by atoms with van der Waals surface area (Å²) in [6.07, 6.45) is 0. The Labute approximate surface area is 172 Å². The lowest BCUT2D eigenvalue weighted by Crippen LogP contribution is -2.10. The fourth-order valence-electron chi connectivity index (χ4n) is 3.46. The normalized spacial score (nSPS) is 12.3. The number of benzene rings is 3. The van der Waals surface area contributed by atoms with E-state index in [0.717, 1.165) is 28.1 Å². The van der Waals surface area contributed by atoms with E-state index in [4.69, 9.17) is 9.26 Å². The minimum Gasteiger partial charge on any atom is -0.496 e. The molecule has 1 amide bonds. The summed E-state index contributed by atoms with van der Waals surface area (Å²) in [5, 5.41) is 10.1. The molecule has 0 fully saturated rings. The average molecular weight is 397 g/mol. The van der Waals surface area contributed by atoms with Crippen molar-refractivity contribution in [2.45, 2.75) is 6.92 Å². The molecule has 7 nitrogen and oxygen atoms in total. The number of methoxy groups -OCH3 is 1. The number of hydrogen-bond donors (Lipinski definition) is 2. The number of anilines is 3. The van der Waals surface area contributed by atoms with E-state index < -0.39 is 0 Å². The summed E-state index contributed by atoms with van der Waals surface area (Å²) < 4.78 is 10.8. The Morgan fingerprint density at radius 3 is 2.53 bits per heavy atom. The molecule has 3 aromatic carbocycles. The summed E-state index contributed by atoms with van der Waals surface area (Å²) in [4.78, 5) is 16.9. The van der Waals surface area contributed by atoms with E-state index in [-0.39, 0.29) is 5.91 Å². The van der Waals surface area contributed by atoms with Gasteiger partial charge in [0.1, 0.15) is 5.75 Å². The molecule has 4 aromatic rings. The zero-order chi connectivity index (χ0) is 20.7. The van der Waals surface area contributed by atoms with Gasteiger partial charge in [-0.1, -0.05) is 23.4 Å². The van der Waals surface area contributed by atoms with E-state index in [2.05, 4.69) is 26.8 Å². The molecule has 1 aromatic heterocycles. The highest BCUT2D eigenvalue weighted by atomic mass is 16.5. The largest absolute Gasteiger partial charge is 0.496 e. The lowest BCUT2D eigenvalue weighted by molar-refractivity contribution is 0.102. The highest BCUT2D eigenvalue weighted by molar-refractivity contribution is 6.12. The van der Waals surface area contributed by atoms with E-state index in [1.807, 2.05) is 42.5 Å². The lowest BCUT2D eigenvalue weighted by Gasteiger charge is -2.12. The second-order valence-electron chi connectivity index (χ2n) is 6.87. The van der Waals surface area contributed by atoms with E-state index in [0.29, 0.717) is 28.7 Å². The minimum absolute atomic E-state index is 0.165. The molecule has 0 spiro atoms. The molecule has 5 rings (SSSR count). The average Bonchev–Trinajstić information content (AvgIpc) is 3.14. The van der Waals surface area contributed by atoms with E-state index in [1.165, 1.54) is 0 Å². The highest BCUT2D eigenvalue weighted by Gasteiger charge is 2.20. The molecule has 1 radical (unpaired) electrons. The Balaban J connectivity index is 1.56. The van der Waals surface area contributed by atoms with Crippen LogP contribution >= 0.6 is 0 Å². The van der Waals surface area contributed by atoms with Crippen LogP contribution in [-0.2, 0) is 0 Å². The van der Waals surface area contributed by atoms with Gasteiger partial charge in [0.2, 0.25) is 0 Å². The van der Waals surface area contributed by atoms with Crippen LogP contribution in [0.1, 0.15) is 16.2 Å². The number of carbonyl (C=O) groups is 1. The number of aryl methyl sites for hydroxylation is 1. The van der Waals surface area contributed by atoms with Crippen molar-refractivity contribution in [3.05, 3.63) is 72.1 Å². The minimum atomic E-state index is -0.165. The number of nitrogens with one attached hydrogen (secondary N) is 2. The Bertz CT molecular complexity index is 1280. The van der Waals surface area contributed by atoms with Gasteiger partial charge in [-0.2, -0.15) is 4.98 Å². The van der Waals surface area contributed by atoms with Crippen molar-refractivity contribution in [2.24, 2.45) is 0 Å². The standard InChI is InChI=1S/C23H17N4O3/c1-13-24-23(30-27-13)17-10-8-15(12-21(17)29-2)14-7-9-16-20(11-14)25-18-5-3-4-6-19(18)26-22(16)28/h3,5-12,25H,1-2H3,(H,26,28). The molecule has 2 heterocycles. The van der Waals surface area contributed by atoms with Gasteiger partial charge in [-0.05, 0) is 60.5 Å². The van der Waals surface area contributed by atoms with Crippen molar-refractivity contribution in [2.75, 3.05) is 17.7 Å². The zero-order valence-corrected chi connectivity index (χ0v) is 16.3. The van der Waals surface area contributed by atoms with Crippen LogP contribution < -0.4 is 15.4 Å². The summed E-state index contributed by atoms with van der Waals surface area (Å²) in [5.41, 5.74) is 5.40. The first kappa shape index (κ1) is 17.9. The first-order valence-electron chi connectivity index (χ1n) is 9.34. The molecule has 0 bridgehead atoms. The van der Waals surface area contributed by atoms with Gasteiger partial charge in [-0.25, -0.2) is 0 Å². The third kappa shape index (κ3) is 3.06. The van der Waals surface area contributed by atoms with Gasteiger partial charge in [-0.15, -0.1) is 0 Å². The molecule has 1 aliphatic rings. The molecule has 0 aliphatic carbocycles. The predicted octanol–water partition coefficient (Wildman–Crippen LogP) is 4.83. The van der Waals surface area contributed by atoms with Gasteiger partial charge in [0.05, 0.1) is 35.3 Å². The number of fused-ring (bicyclic) bond motifs is 2. The molecule has 7 heteroatoms. The summed E-state index contributed by atoms with van der Waals surface area (Å²) >= 11 is 0. The van der Waals surface area contributed by atoms with Crippen LogP contribution in [0.2, 0.25) is 0 Å². The van der Waals surface area contributed by atoms with E-state index >= 15 is 0 Å². The Morgan fingerprint density at radius 2 is 1.77 bits per heavy atom. The first-order chi connectivity index (χ1) is 14.6. The molecule has 0 saturated heterocycles. The van der Waals surface area contributed by atoms with Gasteiger partial charge in [0, 0.05) is 0 Å². The SMILES string of the molecule is COc1cc(-c2ccc3c(c2)Nc2cc[c]cc2NC3=O)ccc1-c1nc(C)no1. The van der Waals surface area contributed by atoms with Crippen LogP contribution in [0, 0.1) is 13.0 Å². The van der Waals surface area contributed by atoms with E-state index in [9.17, 15) is 4.79 Å². The predicted molar refractivity (Wildman–Crippen MR) is 113 cm³/mol. The lowest BCUT2D eigenvalue weighted by atomic mass is 10.00. The molecule has 1 aliphatic heterocycles. The number of nitrogens with zero attached hydrogens (tertiary/aromatic N) is 2. The summed E-state index contributed by atoms with van der Waals surface area (Å²) in [6, 6.07) is 19.8. The molecule has 0 atom stereocenters. The quantitative estimate of drug-likeness (QED) is 0.515. The van der Waals surface area contributed by atoms with Crippen LogP contribution in [-0.4, -0.2) is 23.2 Å². The number of carbonyl (C=O) groups excluding carboxylic acids is 1. The summed E-state index contributed by atoms with van der Waals surface area (Å²) in [5.74, 6) is 1.42. The van der Waals surface area contributed by atoms with Crippen molar-refractivity contribution in [3.63, 3.8) is 0 Å². The Hall–Kier alpha value is -4.13. The zero-order valence-electron chi connectivity index (χ0n) is 16.3. The van der Waals surface area contributed by atoms with Gasteiger partial charge in [0.15, 0.2) is 5.82 Å². The fourth-order valence-corrected chi connectivity index (χ4v) is 3.46. The third-order valence-electron chi connectivity index (χ3n) is 4.94. The van der Waals surface area contributed by atoms with Crippen molar-refractivity contribution in [1.29, 1.82) is 0 Å². The Morgan fingerprint density at radius 1 is 0.967 bits per heavy atom. The number of hydrogen-bond acceptors (Lipinski definition) is 6. The van der Waals surface area contributed by atoms with Gasteiger partial charge >= 0.3 is 0 Å². The van der Waals surface area contributed by atoms with Gasteiger partial charge < -0.3 is 19.9 Å². The molecule has 147 valence electrons. The van der Waals surface area contributed by atoms with E-state index in [1.54, 1.807) is 26.2 Å².